The van der Waals surface area contributed by atoms with E-state index in [1.165, 1.54) is 0 Å². The molecule has 2 nitrogen and oxygen atoms in total. The van der Waals surface area contributed by atoms with Crippen molar-refractivity contribution < 1.29 is 4.79 Å². The van der Waals surface area contributed by atoms with Crippen molar-refractivity contribution in [1.29, 1.82) is 0 Å². The summed E-state index contributed by atoms with van der Waals surface area (Å²) < 4.78 is 0. The fourth-order valence-electron chi connectivity index (χ4n) is 2.17. The molecule has 0 aliphatic carbocycles. The van der Waals surface area contributed by atoms with E-state index in [0.717, 1.165) is 11.1 Å². The summed E-state index contributed by atoms with van der Waals surface area (Å²) in [6.07, 6.45) is 7.57. The van der Waals surface area contributed by atoms with Crippen LogP contribution >= 0.6 is 0 Å². The monoisotopic (exact) mass is 285 g/mol. The smallest absolute Gasteiger partial charge is 0.193 e. The van der Waals surface area contributed by atoms with Gasteiger partial charge in [0, 0.05) is 23.5 Å². The lowest BCUT2D eigenvalue weighted by Gasteiger charge is -2.01. The molecular formula is C20H15NO. The van der Waals surface area contributed by atoms with Gasteiger partial charge in [-0.15, -0.1) is 0 Å². The third kappa shape index (κ3) is 3.36. The van der Waals surface area contributed by atoms with E-state index in [4.69, 9.17) is 0 Å². The number of hydrogen-bond donors (Lipinski definition) is 0. The van der Waals surface area contributed by atoms with Gasteiger partial charge < -0.3 is 0 Å². The molecule has 0 aliphatic heterocycles. The maximum Gasteiger partial charge on any atom is 0.193 e. The average Bonchev–Trinajstić information content (AvgIpc) is 2.61. The summed E-state index contributed by atoms with van der Waals surface area (Å²) >= 11 is 0. The largest absolute Gasteiger partial charge is 0.289 e. The van der Waals surface area contributed by atoms with Crippen LogP contribution in [0.1, 0.15) is 27.0 Å². The molecule has 0 N–H and O–H groups in total. The quantitative estimate of drug-likeness (QED) is 0.661. The van der Waals surface area contributed by atoms with Crippen molar-refractivity contribution in [2.24, 2.45) is 0 Å². The van der Waals surface area contributed by atoms with E-state index in [2.05, 4.69) is 4.98 Å². The highest BCUT2D eigenvalue weighted by atomic mass is 16.1. The lowest BCUT2D eigenvalue weighted by molar-refractivity contribution is 0.103. The molecular weight excluding hydrogens is 270 g/mol. The molecule has 3 aromatic rings. The average molecular weight is 285 g/mol. The second kappa shape index (κ2) is 6.64. The predicted molar refractivity (Wildman–Crippen MR) is 89.5 cm³/mol. The molecule has 0 unspecified atom stereocenters. The van der Waals surface area contributed by atoms with Gasteiger partial charge in [-0.25, -0.2) is 0 Å². The van der Waals surface area contributed by atoms with Crippen LogP contribution in [0, 0.1) is 0 Å². The summed E-state index contributed by atoms with van der Waals surface area (Å²) in [7, 11) is 0. The second-order valence-corrected chi connectivity index (χ2v) is 4.94. The summed E-state index contributed by atoms with van der Waals surface area (Å²) in [4.78, 5) is 16.4. The van der Waals surface area contributed by atoms with Gasteiger partial charge in [0.15, 0.2) is 5.78 Å². The summed E-state index contributed by atoms with van der Waals surface area (Å²) in [5, 5.41) is 0. The van der Waals surface area contributed by atoms with Crippen molar-refractivity contribution in [3.63, 3.8) is 0 Å². The molecule has 3 rings (SSSR count). The molecule has 2 heteroatoms. The number of aromatic nitrogens is 1. The SMILES string of the molecule is O=C(c1ccccc1)c1ccc(C=Cc2cccnc2)cc1. The first kappa shape index (κ1) is 14.0. The van der Waals surface area contributed by atoms with E-state index >= 15 is 0 Å². The Morgan fingerprint density at radius 3 is 2.09 bits per heavy atom. The van der Waals surface area contributed by atoms with Gasteiger partial charge in [-0.1, -0.05) is 72.8 Å². The Balaban J connectivity index is 1.76. The van der Waals surface area contributed by atoms with Gasteiger partial charge in [0.05, 0.1) is 0 Å². The number of carbonyl (C=O) groups excluding carboxylic acids is 1. The molecule has 0 radical (unpaired) electrons. The topological polar surface area (TPSA) is 30.0 Å². The molecule has 22 heavy (non-hydrogen) atoms. The summed E-state index contributed by atoms with van der Waals surface area (Å²) in [5.74, 6) is 0.0448. The van der Waals surface area contributed by atoms with Crippen LogP contribution in [-0.2, 0) is 0 Å². The highest BCUT2D eigenvalue weighted by Crippen LogP contribution is 2.13. The third-order valence-corrected chi connectivity index (χ3v) is 3.36. The summed E-state index contributed by atoms with van der Waals surface area (Å²) in [6, 6.07) is 20.8. The summed E-state index contributed by atoms with van der Waals surface area (Å²) in [6.45, 7) is 0. The molecule has 0 aliphatic rings. The number of carbonyl (C=O) groups is 1. The molecule has 0 bridgehead atoms. The zero-order chi connectivity index (χ0) is 15.2. The van der Waals surface area contributed by atoms with Crippen LogP contribution in [0.5, 0.6) is 0 Å². The molecule has 0 spiro atoms. The van der Waals surface area contributed by atoms with Crippen molar-refractivity contribution in [2.45, 2.75) is 0 Å². The van der Waals surface area contributed by atoms with Crippen molar-refractivity contribution in [3.05, 3.63) is 101 Å². The molecule has 106 valence electrons. The Bertz CT molecular complexity index is 775. The Morgan fingerprint density at radius 1 is 0.727 bits per heavy atom. The van der Waals surface area contributed by atoms with E-state index in [0.29, 0.717) is 11.1 Å². The second-order valence-electron chi connectivity index (χ2n) is 4.94. The minimum atomic E-state index is 0.0448. The third-order valence-electron chi connectivity index (χ3n) is 3.36. The van der Waals surface area contributed by atoms with Gasteiger partial charge in [0.25, 0.3) is 0 Å². The Labute approximate surface area is 129 Å². The predicted octanol–water partition coefficient (Wildman–Crippen LogP) is 4.48. The number of ketones is 1. The van der Waals surface area contributed by atoms with E-state index in [-0.39, 0.29) is 5.78 Å². The number of nitrogens with zero attached hydrogens (tertiary/aromatic N) is 1. The fourth-order valence-corrected chi connectivity index (χ4v) is 2.17. The molecule has 1 aromatic heterocycles. The minimum Gasteiger partial charge on any atom is -0.289 e. The van der Waals surface area contributed by atoms with Crippen LogP contribution in [0.3, 0.4) is 0 Å². The fraction of sp³-hybridized carbons (Fsp3) is 0. The Kier molecular flexibility index (Phi) is 4.21. The number of rotatable bonds is 4. The highest BCUT2D eigenvalue weighted by molar-refractivity contribution is 6.09. The van der Waals surface area contributed by atoms with Crippen LogP contribution in [-0.4, -0.2) is 10.8 Å². The molecule has 0 amide bonds. The highest BCUT2D eigenvalue weighted by Gasteiger charge is 2.07. The van der Waals surface area contributed by atoms with Crippen LogP contribution in [0.2, 0.25) is 0 Å². The van der Waals surface area contributed by atoms with Gasteiger partial charge >= 0.3 is 0 Å². The number of hydrogen-bond acceptors (Lipinski definition) is 2. The minimum absolute atomic E-state index is 0.0448. The number of benzene rings is 2. The van der Waals surface area contributed by atoms with Gasteiger partial charge in [-0.3, -0.25) is 9.78 Å². The van der Waals surface area contributed by atoms with Crippen molar-refractivity contribution in [1.82, 2.24) is 4.98 Å². The first-order chi connectivity index (χ1) is 10.8. The van der Waals surface area contributed by atoms with Crippen LogP contribution in [0.15, 0.2) is 79.1 Å². The summed E-state index contributed by atoms with van der Waals surface area (Å²) in [5.41, 5.74) is 3.51. The Morgan fingerprint density at radius 2 is 1.41 bits per heavy atom. The van der Waals surface area contributed by atoms with E-state index in [9.17, 15) is 4.79 Å². The molecule has 0 fully saturated rings. The van der Waals surface area contributed by atoms with Crippen LogP contribution in [0.4, 0.5) is 0 Å². The van der Waals surface area contributed by atoms with Crippen molar-refractivity contribution in [2.75, 3.05) is 0 Å². The van der Waals surface area contributed by atoms with Gasteiger partial charge in [-0.2, -0.15) is 0 Å². The van der Waals surface area contributed by atoms with E-state index in [1.807, 2.05) is 85.1 Å². The molecule has 0 atom stereocenters. The van der Waals surface area contributed by atoms with Gasteiger partial charge in [0.2, 0.25) is 0 Å². The number of pyridine rings is 1. The first-order valence-corrected chi connectivity index (χ1v) is 7.11. The van der Waals surface area contributed by atoms with Crippen molar-refractivity contribution >= 4 is 17.9 Å². The van der Waals surface area contributed by atoms with Gasteiger partial charge in [-0.05, 0) is 17.2 Å². The molecule has 0 saturated carbocycles. The lowest BCUT2D eigenvalue weighted by Crippen LogP contribution is -2.00. The zero-order valence-electron chi connectivity index (χ0n) is 12.0. The van der Waals surface area contributed by atoms with E-state index in [1.54, 1.807) is 6.20 Å². The van der Waals surface area contributed by atoms with E-state index < -0.39 is 0 Å². The standard InChI is InChI=1S/C20H15NO/c22-20(18-6-2-1-3-7-18)19-12-10-16(11-13-19)8-9-17-5-4-14-21-15-17/h1-15H. The molecule has 1 heterocycles. The van der Waals surface area contributed by atoms with Crippen LogP contribution in [0.25, 0.3) is 12.2 Å². The lowest BCUT2D eigenvalue weighted by atomic mass is 10.0. The zero-order valence-corrected chi connectivity index (χ0v) is 12.0. The van der Waals surface area contributed by atoms with Crippen LogP contribution < -0.4 is 0 Å². The van der Waals surface area contributed by atoms with Crippen molar-refractivity contribution in [3.8, 4) is 0 Å². The molecule has 2 aromatic carbocycles. The maximum absolute atomic E-state index is 12.3. The first-order valence-electron chi connectivity index (χ1n) is 7.11. The molecule has 0 saturated heterocycles. The Hall–Kier alpha value is -3.00. The van der Waals surface area contributed by atoms with Gasteiger partial charge in [0.1, 0.15) is 0 Å². The normalized spacial score (nSPS) is 10.7. The maximum atomic E-state index is 12.3.